The van der Waals surface area contributed by atoms with Gasteiger partial charge < -0.3 is 4.90 Å². The fraction of sp³-hybridized carbons (Fsp3) is 0.200. The Morgan fingerprint density at radius 1 is 1.12 bits per heavy atom. The summed E-state index contributed by atoms with van der Waals surface area (Å²) in [6.45, 7) is 0. The maximum absolute atomic E-state index is 12.6. The number of allylic oxidation sites excluding steroid dienone is 1. The van der Waals surface area contributed by atoms with E-state index in [-0.39, 0.29) is 5.88 Å². The van der Waals surface area contributed by atoms with E-state index < -0.39 is 17.7 Å². The molecule has 0 N–H and O–H groups in total. The van der Waals surface area contributed by atoms with Gasteiger partial charge in [0.15, 0.2) is 0 Å². The van der Waals surface area contributed by atoms with Crippen LogP contribution < -0.4 is 4.90 Å². The highest BCUT2D eigenvalue weighted by Crippen LogP contribution is 2.38. The summed E-state index contributed by atoms with van der Waals surface area (Å²) < 4.78 is 50.4. The minimum absolute atomic E-state index is 0.195. The molecule has 0 fully saturated rings. The van der Waals surface area contributed by atoms with Gasteiger partial charge in [-0.3, -0.25) is 0 Å². The molecular weight excluding hydrogens is 242 g/mol. The topological polar surface area (TPSA) is 3.24 Å². The summed E-state index contributed by atoms with van der Waals surface area (Å²) in [6, 6.07) is 4.96. The molecule has 0 aliphatic carbocycles. The number of thioether (sulfide) groups is 1. The van der Waals surface area contributed by atoms with E-state index in [1.165, 1.54) is 12.1 Å². The third-order valence-electron chi connectivity index (χ3n) is 2.12. The van der Waals surface area contributed by atoms with Crippen LogP contribution in [0, 0.1) is 5.82 Å². The number of benzene rings is 1. The van der Waals surface area contributed by atoms with Crippen molar-refractivity contribution in [1.82, 2.24) is 0 Å². The van der Waals surface area contributed by atoms with Gasteiger partial charge in [0.05, 0.1) is 5.88 Å². The zero-order valence-electron chi connectivity index (χ0n) is 7.96. The highest BCUT2D eigenvalue weighted by molar-refractivity contribution is 8.02. The molecule has 0 amide bonds. The van der Waals surface area contributed by atoms with Gasteiger partial charge in [0, 0.05) is 11.1 Å². The van der Waals surface area contributed by atoms with Crippen molar-refractivity contribution in [2.24, 2.45) is 0 Å². The number of hydrogen-bond acceptors (Lipinski definition) is 2. The number of anilines is 1. The fourth-order valence-corrected chi connectivity index (χ4v) is 2.31. The van der Waals surface area contributed by atoms with Crippen LogP contribution in [0.2, 0.25) is 0 Å². The highest BCUT2D eigenvalue weighted by atomic mass is 32.2. The molecule has 16 heavy (non-hydrogen) atoms. The molecule has 0 unspecified atom stereocenters. The molecule has 1 nitrogen and oxygen atoms in total. The molecule has 2 rings (SSSR count). The molecule has 1 aliphatic heterocycles. The lowest BCUT2D eigenvalue weighted by molar-refractivity contribution is -0.0925. The van der Waals surface area contributed by atoms with Gasteiger partial charge in [-0.05, 0) is 24.3 Å². The largest absolute Gasteiger partial charge is 0.431 e. The maximum Gasteiger partial charge on any atom is 0.431 e. The summed E-state index contributed by atoms with van der Waals surface area (Å²) >= 11 is 1.07. The van der Waals surface area contributed by atoms with E-state index in [0.717, 1.165) is 34.2 Å². The SMILES string of the molecule is Fc1ccc(N2CSC=C2C(F)(F)F)cc1. The van der Waals surface area contributed by atoms with Gasteiger partial charge in [-0.25, -0.2) is 4.39 Å². The second kappa shape index (κ2) is 4.01. The lowest BCUT2D eigenvalue weighted by Gasteiger charge is -2.23. The molecule has 6 heteroatoms. The molecule has 1 aliphatic rings. The minimum Gasteiger partial charge on any atom is -0.327 e. The van der Waals surface area contributed by atoms with Crippen molar-refractivity contribution in [3.05, 3.63) is 41.2 Å². The zero-order chi connectivity index (χ0) is 11.8. The molecule has 1 aromatic rings. The van der Waals surface area contributed by atoms with Crippen LogP contribution in [0.5, 0.6) is 0 Å². The lowest BCUT2D eigenvalue weighted by Crippen LogP contribution is -2.28. The normalized spacial score (nSPS) is 16.5. The average Bonchev–Trinajstić information content (AvgIpc) is 2.66. The van der Waals surface area contributed by atoms with Crippen LogP contribution in [-0.4, -0.2) is 12.1 Å². The summed E-state index contributed by atoms with van der Waals surface area (Å²) in [4.78, 5) is 1.12. The number of hydrogen-bond donors (Lipinski definition) is 0. The first-order valence-corrected chi connectivity index (χ1v) is 5.45. The average molecular weight is 249 g/mol. The van der Waals surface area contributed by atoms with Crippen molar-refractivity contribution in [3.8, 4) is 0 Å². The molecule has 0 radical (unpaired) electrons. The van der Waals surface area contributed by atoms with Crippen molar-refractivity contribution in [3.63, 3.8) is 0 Å². The van der Waals surface area contributed by atoms with Gasteiger partial charge in [0.25, 0.3) is 0 Å². The van der Waals surface area contributed by atoms with E-state index in [1.54, 1.807) is 0 Å². The Morgan fingerprint density at radius 2 is 1.75 bits per heavy atom. The first-order valence-electron chi connectivity index (χ1n) is 4.40. The van der Waals surface area contributed by atoms with E-state index in [4.69, 9.17) is 0 Å². The smallest absolute Gasteiger partial charge is 0.327 e. The predicted molar refractivity (Wildman–Crippen MR) is 55.5 cm³/mol. The number of nitrogens with zero attached hydrogens (tertiary/aromatic N) is 1. The maximum atomic E-state index is 12.6. The summed E-state index contributed by atoms with van der Waals surface area (Å²) in [5, 5.41) is 1.07. The molecule has 0 saturated carbocycles. The fourth-order valence-electron chi connectivity index (χ4n) is 1.38. The van der Waals surface area contributed by atoms with Gasteiger partial charge >= 0.3 is 6.18 Å². The molecule has 86 valence electrons. The van der Waals surface area contributed by atoms with Crippen LogP contribution in [0.4, 0.5) is 23.2 Å². The summed E-state index contributed by atoms with van der Waals surface area (Å²) in [6.07, 6.45) is -4.38. The van der Waals surface area contributed by atoms with Crippen LogP contribution in [0.1, 0.15) is 0 Å². The molecular formula is C10H7F4NS. The van der Waals surface area contributed by atoms with E-state index >= 15 is 0 Å². The van der Waals surface area contributed by atoms with Crippen molar-refractivity contribution in [2.45, 2.75) is 6.18 Å². The van der Waals surface area contributed by atoms with E-state index in [1.807, 2.05) is 0 Å². The molecule has 0 bridgehead atoms. The van der Waals surface area contributed by atoms with E-state index in [2.05, 4.69) is 0 Å². The van der Waals surface area contributed by atoms with Crippen molar-refractivity contribution >= 4 is 17.4 Å². The third kappa shape index (κ3) is 2.16. The van der Waals surface area contributed by atoms with Gasteiger partial charge in [-0.1, -0.05) is 0 Å². The second-order valence-electron chi connectivity index (χ2n) is 3.20. The Bertz CT molecular complexity index is 410. The number of halogens is 4. The first-order chi connectivity index (χ1) is 7.48. The van der Waals surface area contributed by atoms with Gasteiger partial charge in [0.1, 0.15) is 11.5 Å². The molecule has 0 saturated heterocycles. The summed E-state index contributed by atoms with van der Waals surface area (Å²) in [5.74, 6) is -0.270. The Kier molecular flexibility index (Phi) is 2.84. The van der Waals surface area contributed by atoms with Crippen molar-refractivity contribution < 1.29 is 17.6 Å². The van der Waals surface area contributed by atoms with Crippen LogP contribution in [0.3, 0.4) is 0 Å². The van der Waals surface area contributed by atoms with Crippen molar-refractivity contribution in [2.75, 3.05) is 10.8 Å². The monoisotopic (exact) mass is 249 g/mol. The minimum atomic E-state index is -4.38. The molecule has 1 aromatic carbocycles. The van der Waals surface area contributed by atoms with Gasteiger partial charge in [-0.15, -0.1) is 11.8 Å². The lowest BCUT2D eigenvalue weighted by atomic mass is 10.2. The second-order valence-corrected chi connectivity index (χ2v) is 4.03. The van der Waals surface area contributed by atoms with E-state index in [0.29, 0.717) is 5.69 Å². The quantitative estimate of drug-likeness (QED) is 0.697. The standard InChI is InChI=1S/C10H7F4NS/c11-7-1-3-8(4-2-7)15-6-16-5-9(15)10(12,13)14/h1-5H,6H2. The highest BCUT2D eigenvalue weighted by Gasteiger charge is 2.40. The molecule has 0 atom stereocenters. The number of alkyl halides is 3. The Balaban J connectivity index is 2.29. The van der Waals surface area contributed by atoms with Crippen LogP contribution in [0.15, 0.2) is 35.4 Å². The Morgan fingerprint density at radius 3 is 2.31 bits per heavy atom. The predicted octanol–water partition coefficient (Wildman–Crippen LogP) is 3.74. The molecule has 0 aromatic heterocycles. The van der Waals surface area contributed by atoms with Crippen LogP contribution in [0.25, 0.3) is 0 Å². The Labute approximate surface area is 93.7 Å². The summed E-state index contributed by atoms with van der Waals surface area (Å²) in [5.41, 5.74) is -0.362. The van der Waals surface area contributed by atoms with Crippen molar-refractivity contribution in [1.29, 1.82) is 0 Å². The molecule has 1 heterocycles. The Hall–Kier alpha value is -1.17. The first kappa shape index (κ1) is 11.3. The number of rotatable bonds is 1. The van der Waals surface area contributed by atoms with Gasteiger partial charge in [-0.2, -0.15) is 13.2 Å². The zero-order valence-corrected chi connectivity index (χ0v) is 8.78. The van der Waals surface area contributed by atoms with Crippen LogP contribution >= 0.6 is 11.8 Å². The summed E-state index contributed by atoms with van der Waals surface area (Å²) in [7, 11) is 0. The van der Waals surface area contributed by atoms with E-state index in [9.17, 15) is 17.6 Å². The van der Waals surface area contributed by atoms with Gasteiger partial charge in [0.2, 0.25) is 0 Å². The molecule has 0 spiro atoms. The van der Waals surface area contributed by atoms with Crippen LogP contribution in [-0.2, 0) is 0 Å². The third-order valence-corrected chi connectivity index (χ3v) is 2.92.